The maximum atomic E-state index is 11.8. The fraction of sp³-hybridized carbons (Fsp3) is 0.500. The molecule has 1 aromatic heterocycles. The van der Waals surface area contributed by atoms with E-state index in [1.165, 1.54) is 23.9 Å². The Labute approximate surface area is 111 Å². The van der Waals surface area contributed by atoms with Crippen LogP contribution in [0.25, 0.3) is 0 Å². The first-order valence-electron chi connectivity index (χ1n) is 6.02. The Balaban J connectivity index is 2.65. The second-order valence-electron chi connectivity index (χ2n) is 4.56. The molecule has 0 radical (unpaired) electrons. The van der Waals surface area contributed by atoms with E-state index in [1.54, 1.807) is 6.92 Å². The number of pyridine rings is 1. The minimum atomic E-state index is -0.611. The van der Waals surface area contributed by atoms with Gasteiger partial charge < -0.3 is 26.5 Å². The van der Waals surface area contributed by atoms with Crippen LogP contribution in [0.5, 0.6) is 5.75 Å². The number of aromatic nitrogens is 1. The van der Waals surface area contributed by atoms with Crippen molar-refractivity contribution in [2.75, 3.05) is 6.54 Å². The monoisotopic (exact) mass is 268 g/mol. The number of rotatable bonds is 5. The minimum Gasteiger partial charge on any atom is -0.502 e. The zero-order valence-electron chi connectivity index (χ0n) is 11.1. The van der Waals surface area contributed by atoms with Crippen molar-refractivity contribution >= 4 is 5.91 Å². The number of carbonyl (C=O) groups is 1. The van der Waals surface area contributed by atoms with Gasteiger partial charge in [-0.05, 0) is 19.4 Å². The van der Waals surface area contributed by atoms with E-state index in [4.69, 9.17) is 11.5 Å². The van der Waals surface area contributed by atoms with Gasteiger partial charge in [-0.3, -0.25) is 9.59 Å². The van der Waals surface area contributed by atoms with E-state index in [-0.39, 0.29) is 17.6 Å². The lowest BCUT2D eigenvalue weighted by Crippen LogP contribution is -2.41. The molecular formula is C12H20N4O3. The number of aryl methyl sites for hydroxylation is 1. The third kappa shape index (κ3) is 3.80. The fourth-order valence-electron chi connectivity index (χ4n) is 1.51. The van der Waals surface area contributed by atoms with Crippen LogP contribution in [-0.4, -0.2) is 34.2 Å². The summed E-state index contributed by atoms with van der Waals surface area (Å²) in [4.78, 5) is 23.3. The lowest BCUT2D eigenvalue weighted by Gasteiger charge is -2.15. The van der Waals surface area contributed by atoms with Crippen molar-refractivity contribution in [3.05, 3.63) is 28.2 Å². The molecule has 1 aromatic rings. The maximum Gasteiger partial charge on any atom is 0.293 e. The van der Waals surface area contributed by atoms with Crippen LogP contribution >= 0.6 is 0 Å². The van der Waals surface area contributed by atoms with Gasteiger partial charge in [-0.25, -0.2) is 0 Å². The molecule has 0 spiro atoms. The van der Waals surface area contributed by atoms with Crippen LogP contribution in [0.2, 0.25) is 0 Å². The molecule has 0 fully saturated rings. The molecule has 2 unspecified atom stereocenters. The third-order valence-corrected chi connectivity index (χ3v) is 2.93. The van der Waals surface area contributed by atoms with Crippen LogP contribution < -0.4 is 22.3 Å². The number of nitrogens with zero attached hydrogens (tertiary/aromatic N) is 1. The van der Waals surface area contributed by atoms with Gasteiger partial charge in [0.1, 0.15) is 0 Å². The highest BCUT2D eigenvalue weighted by atomic mass is 16.3. The van der Waals surface area contributed by atoms with Crippen LogP contribution in [0.4, 0.5) is 0 Å². The van der Waals surface area contributed by atoms with Crippen molar-refractivity contribution in [2.45, 2.75) is 25.4 Å². The molecule has 0 aliphatic heterocycles. The molecule has 0 bridgehead atoms. The van der Waals surface area contributed by atoms with Crippen molar-refractivity contribution in [3.63, 3.8) is 0 Å². The van der Waals surface area contributed by atoms with Crippen molar-refractivity contribution in [1.29, 1.82) is 0 Å². The molecule has 1 heterocycles. The van der Waals surface area contributed by atoms with Gasteiger partial charge in [0.15, 0.2) is 5.75 Å². The number of nitrogens with one attached hydrogen (secondary N) is 1. The summed E-state index contributed by atoms with van der Waals surface area (Å²) in [5.41, 5.74) is 10.7. The average Bonchev–Trinajstić information content (AvgIpc) is 2.35. The zero-order chi connectivity index (χ0) is 14.6. The van der Waals surface area contributed by atoms with Crippen molar-refractivity contribution in [2.24, 2.45) is 18.5 Å². The Bertz CT molecular complexity index is 510. The molecule has 0 aliphatic carbocycles. The SMILES string of the molecule is CC(N)C(N)CCNC(=O)c1ccn(C)c(=O)c1O. The summed E-state index contributed by atoms with van der Waals surface area (Å²) in [5, 5.41) is 12.2. The molecule has 0 saturated carbocycles. The first-order chi connectivity index (χ1) is 8.84. The molecule has 2 atom stereocenters. The number of hydrogen-bond acceptors (Lipinski definition) is 5. The predicted molar refractivity (Wildman–Crippen MR) is 71.9 cm³/mol. The molecule has 7 nitrogen and oxygen atoms in total. The van der Waals surface area contributed by atoms with Crippen LogP contribution in [0.1, 0.15) is 23.7 Å². The molecule has 0 aliphatic rings. The minimum absolute atomic E-state index is 0.0440. The Morgan fingerprint density at radius 1 is 1.53 bits per heavy atom. The predicted octanol–water partition coefficient (Wildman–Crippen LogP) is -1.11. The van der Waals surface area contributed by atoms with Crippen molar-refractivity contribution < 1.29 is 9.90 Å². The summed E-state index contributed by atoms with van der Waals surface area (Å²) in [6.07, 6.45) is 1.94. The summed E-state index contributed by atoms with van der Waals surface area (Å²) in [6.45, 7) is 2.12. The summed E-state index contributed by atoms with van der Waals surface area (Å²) in [6, 6.07) is 1.02. The Kier molecular flexibility index (Phi) is 5.08. The molecule has 106 valence electrons. The molecule has 0 saturated heterocycles. The molecule has 1 amide bonds. The van der Waals surface area contributed by atoms with Gasteiger partial charge in [0.25, 0.3) is 11.5 Å². The van der Waals surface area contributed by atoms with Crippen LogP contribution in [0.15, 0.2) is 17.1 Å². The number of hydrogen-bond donors (Lipinski definition) is 4. The first-order valence-corrected chi connectivity index (χ1v) is 6.02. The topological polar surface area (TPSA) is 123 Å². The quantitative estimate of drug-likeness (QED) is 0.539. The summed E-state index contributed by atoms with van der Waals surface area (Å²) < 4.78 is 1.19. The van der Waals surface area contributed by atoms with Crippen LogP contribution in [0.3, 0.4) is 0 Å². The van der Waals surface area contributed by atoms with Crippen molar-refractivity contribution in [3.8, 4) is 5.75 Å². The summed E-state index contributed by atoms with van der Waals surface area (Å²) in [5.74, 6) is -1.06. The fourth-order valence-corrected chi connectivity index (χ4v) is 1.51. The summed E-state index contributed by atoms with van der Waals surface area (Å²) in [7, 11) is 1.49. The highest BCUT2D eigenvalue weighted by Crippen LogP contribution is 2.09. The van der Waals surface area contributed by atoms with E-state index in [2.05, 4.69) is 5.32 Å². The Hall–Kier alpha value is -1.86. The van der Waals surface area contributed by atoms with Gasteiger partial charge in [0, 0.05) is 31.9 Å². The lowest BCUT2D eigenvalue weighted by molar-refractivity contribution is 0.0949. The van der Waals surface area contributed by atoms with E-state index < -0.39 is 17.2 Å². The first kappa shape index (κ1) is 15.2. The molecule has 6 N–H and O–H groups in total. The standard InChI is InChI=1S/C12H20N4O3/c1-7(13)9(14)3-5-15-11(18)8-4-6-16(2)12(19)10(8)17/h4,6-7,9,17H,3,5,13-14H2,1-2H3,(H,15,18). The highest BCUT2D eigenvalue weighted by molar-refractivity contribution is 5.96. The zero-order valence-corrected chi connectivity index (χ0v) is 11.1. The number of aromatic hydroxyl groups is 1. The summed E-state index contributed by atoms with van der Waals surface area (Å²) >= 11 is 0. The van der Waals surface area contributed by atoms with E-state index in [1.807, 2.05) is 0 Å². The number of nitrogens with two attached hydrogens (primary N) is 2. The van der Waals surface area contributed by atoms with Gasteiger partial charge in [-0.15, -0.1) is 0 Å². The van der Waals surface area contributed by atoms with E-state index in [0.29, 0.717) is 13.0 Å². The van der Waals surface area contributed by atoms with E-state index >= 15 is 0 Å². The number of amides is 1. The Morgan fingerprint density at radius 3 is 2.74 bits per heavy atom. The molecule has 7 heteroatoms. The van der Waals surface area contributed by atoms with Gasteiger partial charge in [-0.2, -0.15) is 0 Å². The molecule has 1 rings (SSSR count). The van der Waals surface area contributed by atoms with Gasteiger partial charge >= 0.3 is 0 Å². The van der Waals surface area contributed by atoms with E-state index in [9.17, 15) is 14.7 Å². The van der Waals surface area contributed by atoms with Gasteiger partial charge in [0.2, 0.25) is 0 Å². The highest BCUT2D eigenvalue weighted by Gasteiger charge is 2.15. The largest absolute Gasteiger partial charge is 0.502 e. The van der Waals surface area contributed by atoms with Gasteiger partial charge in [-0.1, -0.05) is 0 Å². The molecule has 19 heavy (non-hydrogen) atoms. The second-order valence-corrected chi connectivity index (χ2v) is 4.56. The van der Waals surface area contributed by atoms with Crippen molar-refractivity contribution in [1.82, 2.24) is 9.88 Å². The van der Waals surface area contributed by atoms with Crippen LogP contribution in [-0.2, 0) is 7.05 Å². The average molecular weight is 268 g/mol. The molecular weight excluding hydrogens is 248 g/mol. The van der Waals surface area contributed by atoms with Crippen LogP contribution in [0, 0.1) is 0 Å². The Morgan fingerprint density at radius 2 is 2.16 bits per heavy atom. The molecule has 0 aromatic carbocycles. The normalized spacial score (nSPS) is 13.9. The second kappa shape index (κ2) is 6.35. The number of carbonyl (C=O) groups excluding carboxylic acids is 1. The lowest BCUT2D eigenvalue weighted by atomic mass is 10.1. The van der Waals surface area contributed by atoms with Gasteiger partial charge in [0.05, 0.1) is 5.56 Å². The maximum absolute atomic E-state index is 11.8. The van der Waals surface area contributed by atoms with E-state index in [0.717, 1.165) is 0 Å². The smallest absolute Gasteiger partial charge is 0.293 e. The third-order valence-electron chi connectivity index (χ3n) is 2.93.